The predicted molar refractivity (Wildman–Crippen MR) is 61.1 cm³/mol. The molecule has 2 fully saturated rings. The molecule has 1 spiro atoms. The summed E-state index contributed by atoms with van der Waals surface area (Å²) in [5.74, 6) is 0. The Bertz CT molecular complexity index is 127. The van der Waals surface area contributed by atoms with Gasteiger partial charge in [-0.2, -0.15) is 0 Å². The molecule has 0 amide bonds. The average Bonchev–Trinajstić information content (AvgIpc) is 2.95. The molecule has 0 aromatic carbocycles. The minimum absolute atomic E-state index is 0.708. The molecule has 1 saturated heterocycles. The van der Waals surface area contributed by atoms with Crippen molar-refractivity contribution in [2.45, 2.75) is 71.9 Å². The summed E-state index contributed by atoms with van der Waals surface area (Å²) in [7, 11) is 2.28. The van der Waals surface area contributed by atoms with Gasteiger partial charge in [-0.3, -0.25) is 4.90 Å². The largest absolute Gasteiger partial charge is 0.298 e. The summed E-state index contributed by atoms with van der Waals surface area (Å²) in [4.78, 5) is 2.58. The standard InChI is InChI=1S/C8H15N.2C2H6/c1-7-3-4-8(5-6-8)9(7)2;2*1-2/h7H,3-6H2,1-2H3;2*1-2H3. The molecule has 1 heterocycles. The monoisotopic (exact) mass is 185 g/mol. The van der Waals surface area contributed by atoms with Crippen LogP contribution in [0.4, 0.5) is 0 Å². The van der Waals surface area contributed by atoms with Crippen molar-refractivity contribution in [3.05, 3.63) is 0 Å². The highest BCUT2D eigenvalue weighted by molar-refractivity contribution is 5.08. The van der Waals surface area contributed by atoms with E-state index in [9.17, 15) is 0 Å². The van der Waals surface area contributed by atoms with Crippen molar-refractivity contribution in [3.63, 3.8) is 0 Å². The van der Waals surface area contributed by atoms with Crippen LogP contribution in [-0.2, 0) is 0 Å². The molecular weight excluding hydrogens is 158 g/mol. The van der Waals surface area contributed by atoms with Gasteiger partial charge in [-0.25, -0.2) is 0 Å². The lowest BCUT2D eigenvalue weighted by Crippen LogP contribution is -2.31. The lowest BCUT2D eigenvalue weighted by atomic mass is 10.2. The molecule has 2 aliphatic rings. The Morgan fingerprint density at radius 3 is 1.62 bits per heavy atom. The molecule has 0 aromatic rings. The van der Waals surface area contributed by atoms with Gasteiger partial charge in [0.15, 0.2) is 0 Å². The van der Waals surface area contributed by atoms with Gasteiger partial charge in [0.2, 0.25) is 0 Å². The third-order valence-corrected chi connectivity index (χ3v) is 3.26. The molecular formula is C12H27N. The molecule has 2 rings (SSSR count). The van der Waals surface area contributed by atoms with Crippen LogP contribution in [0.3, 0.4) is 0 Å². The smallest absolute Gasteiger partial charge is 0.0211 e. The summed E-state index contributed by atoms with van der Waals surface area (Å²) in [6, 6.07) is 0.854. The fourth-order valence-electron chi connectivity index (χ4n) is 2.06. The van der Waals surface area contributed by atoms with E-state index in [0.29, 0.717) is 5.54 Å². The van der Waals surface area contributed by atoms with E-state index in [-0.39, 0.29) is 0 Å². The second kappa shape index (κ2) is 5.64. The molecule has 1 heteroatoms. The maximum atomic E-state index is 2.58. The van der Waals surface area contributed by atoms with Crippen LogP contribution < -0.4 is 0 Å². The lowest BCUT2D eigenvalue weighted by Gasteiger charge is -2.22. The van der Waals surface area contributed by atoms with Crippen LogP contribution in [0, 0.1) is 0 Å². The summed E-state index contributed by atoms with van der Waals surface area (Å²) in [5, 5.41) is 0. The van der Waals surface area contributed by atoms with Gasteiger partial charge < -0.3 is 0 Å². The van der Waals surface area contributed by atoms with E-state index in [1.165, 1.54) is 25.7 Å². The molecule has 0 N–H and O–H groups in total. The molecule has 1 unspecified atom stereocenters. The molecule has 0 bridgehead atoms. The highest BCUT2D eigenvalue weighted by Crippen LogP contribution is 2.50. The van der Waals surface area contributed by atoms with Crippen LogP contribution >= 0.6 is 0 Å². The van der Waals surface area contributed by atoms with Crippen LogP contribution in [-0.4, -0.2) is 23.5 Å². The minimum Gasteiger partial charge on any atom is -0.298 e. The summed E-state index contributed by atoms with van der Waals surface area (Å²) in [6.45, 7) is 10.3. The van der Waals surface area contributed by atoms with Crippen LogP contribution in [0.1, 0.15) is 60.3 Å². The highest BCUT2D eigenvalue weighted by atomic mass is 15.2. The first-order valence-electron chi connectivity index (χ1n) is 5.98. The Morgan fingerprint density at radius 1 is 1.00 bits per heavy atom. The van der Waals surface area contributed by atoms with Crippen LogP contribution in [0.2, 0.25) is 0 Å². The first kappa shape index (κ1) is 13.0. The SMILES string of the molecule is CC.CC.CC1CCC2(CC2)N1C. The number of nitrogens with zero attached hydrogens (tertiary/aromatic N) is 1. The molecule has 80 valence electrons. The highest BCUT2D eigenvalue weighted by Gasteiger charge is 2.51. The fourth-order valence-corrected chi connectivity index (χ4v) is 2.06. The van der Waals surface area contributed by atoms with Gasteiger partial charge in [-0.1, -0.05) is 27.7 Å². The fraction of sp³-hybridized carbons (Fsp3) is 1.00. The number of rotatable bonds is 0. The second-order valence-corrected chi connectivity index (χ2v) is 3.72. The molecule has 1 aliphatic heterocycles. The van der Waals surface area contributed by atoms with Crippen LogP contribution in [0.5, 0.6) is 0 Å². The molecule has 0 radical (unpaired) electrons. The van der Waals surface area contributed by atoms with Gasteiger partial charge in [0.25, 0.3) is 0 Å². The Labute approximate surface area is 84.5 Å². The van der Waals surface area contributed by atoms with E-state index in [1.807, 2.05) is 27.7 Å². The Hall–Kier alpha value is -0.0400. The zero-order valence-electron chi connectivity index (χ0n) is 10.4. The lowest BCUT2D eigenvalue weighted by molar-refractivity contribution is 0.236. The van der Waals surface area contributed by atoms with E-state index in [0.717, 1.165) is 6.04 Å². The minimum atomic E-state index is 0.708. The van der Waals surface area contributed by atoms with Gasteiger partial charge in [0.1, 0.15) is 0 Å². The first-order valence-corrected chi connectivity index (χ1v) is 5.98. The molecule has 13 heavy (non-hydrogen) atoms. The molecule has 1 atom stereocenters. The predicted octanol–water partition coefficient (Wildman–Crippen LogP) is 3.69. The Balaban J connectivity index is 0.000000322. The average molecular weight is 185 g/mol. The van der Waals surface area contributed by atoms with Crippen molar-refractivity contribution in [2.75, 3.05) is 7.05 Å². The Morgan fingerprint density at radius 2 is 1.46 bits per heavy atom. The van der Waals surface area contributed by atoms with Gasteiger partial charge >= 0.3 is 0 Å². The zero-order chi connectivity index (χ0) is 10.5. The summed E-state index contributed by atoms with van der Waals surface area (Å²) in [6.07, 6.45) is 5.82. The summed E-state index contributed by atoms with van der Waals surface area (Å²) < 4.78 is 0. The van der Waals surface area contributed by atoms with Crippen molar-refractivity contribution < 1.29 is 0 Å². The third kappa shape index (κ3) is 2.70. The van der Waals surface area contributed by atoms with Gasteiger partial charge in [-0.05, 0) is 39.7 Å². The molecule has 1 nitrogen and oxygen atoms in total. The molecule has 0 aromatic heterocycles. The van der Waals surface area contributed by atoms with E-state index in [4.69, 9.17) is 0 Å². The zero-order valence-corrected chi connectivity index (χ0v) is 10.4. The van der Waals surface area contributed by atoms with Gasteiger partial charge in [-0.15, -0.1) is 0 Å². The summed E-state index contributed by atoms with van der Waals surface area (Å²) >= 11 is 0. The van der Waals surface area contributed by atoms with Crippen LogP contribution in [0.25, 0.3) is 0 Å². The van der Waals surface area contributed by atoms with E-state index in [1.54, 1.807) is 0 Å². The molecule has 1 saturated carbocycles. The van der Waals surface area contributed by atoms with Gasteiger partial charge in [0, 0.05) is 11.6 Å². The van der Waals surface area contributed by atoms with E-state index in [2.05, 4.69) is 18.9 Å². The first-order chi connectivity index (χ1) is 6.25. The van der Waals surface area contributed by atoms with E-state index < -0.39 is 0 Å². The normalized spacial score (nSPS) is 28.6. The van der Waals surface area contributed by atoms with Gasteiger partial charge in [0.05, 0.1) is 0 Å². The van der Waals surface area contributed by atoms with Crippen molar-refractivity contribution >= 4 is 0 Å². The summed E-state index contributed by atoms with van der Waals surface area (Å²) in [5.41, 5.74) is 0.708. The van der Waals surface area contributed by atoms with Crippen molar-refractivity contribution in [2.24, 2.45) is 0 Å². The molecule has 1 aliphatic carbocycles. The van der Waals surface area contributed by atoms with Crippen molar-refractivity contribution in [1.29, 1.82) is 0 Å². The quantitative estimate of drug-likeness (QED) is 0.556. The third-order valence-electron chi connectivity index (χ3n) is 3.26. The number of hydrogen-bond donors (Lipinski definition) is 0. The number of likely N-dealkylation sites (tertiary alicyclic amines) is 1. The second-order valence-electron chi connectivity index (χ2n) is 3.72. The topological polar surface area (TPSA) is 3.24 Å². The van der Waals surface area contributed by atoms with Crippen molar-refractivity contribution in [1.82, 2.24) is 4.90 Å². The maximum absolute atomic E-state index is 2.58. The van der Waals surface area contributed by atoms with Crippen LogP contribution in [0.15, 0.2) is 0 Å². The van der Waals surface area contributed by atoms with E-state index >= 15 is 0 Å². The number of hydrogen-bond acceptors (Lipinski definition) is 1. The Kier molecular flexibility index (Phi) is 5.62. The maximum Gasteiger partial charge on any atom is 0.0211 e. The van der Waals surface area contributed by atoms with Crippen molar-refractivity contribution in [3.8, 4) is 0 Å².